The largest absolute Gasteiger partial charge is 0.505 e. The Morgan fingerprint density at radius 2 is 1.65 bits per heavy atom. The molecular weight excluding hydrogens is 482 g/mol. The second-order valence-electron chi connectivity index (χ2n) is 7.63. The van der Waals surface area contributed by atoms with Crippen LogP contribution in [0.3, 0.4) is 0 Å². The lowest BCUT2D eigenvalue weighted by Crippen LogP contribution is -2.08. The first-order chi connectivity index (χ1) is 15.8. The summed E-state index contributed by atoms with van der Waals surface area (Å²) in [4.78, 5) is 11.4. The molecule has 3 N–H and O–H groups in total. The lowest BCUT2D eigenvalue weighted by atomic mass is 10.0. The molecule has 0 radical (unpaired) electrons. The summed E-state index contributed by atoms with van der Waals surface area (Å²) in [5.41, 5.74) is 0.828. The van der Waals surface area contributed by atoms with Crippen LogP contribution in [0.1, 0.15) is 25.8 Å². The molecule has 180 valence electrons. The Kier molecular flexibility index (Phi) is 7.05. The number of fused-ring (bicyclic) bond motifs is 1. The highest BCUT2D eigenvalue weighted by molar-refractivity contribution is 7.91. The molecule has 0 spiro atoms. The average Bonchev–Trinajstić information content (AvgIpc) is 2.72. The third-order valence-corrected chi connectivity index (χ3v) is 7.66. The van der Waals surface area contributed by atoms with Crippen molar-refractivity contribution < 1.29 is 31.3 Å². The Bertz CT molecular complexity index is 1510. The number of phenols is 1. The number of carbonyl (C=O) groups excluding carboxylic acids is 1. The number of nitrogens with one attached hydrogen (secondary N) is 1. The van der Waals surface area contributed by atoms with Crippen molar-refractivity contribution in [1.29, 1.82) is 0 Å². The van der Waals surface area contributed by atoms with E-state index in [1.54, 1.807) is 13.8 Å². The molecule has 3 rings (SSSR count). The molecule has 0 aliphatic heterocycles. The van der Waals surface area contributed by atoms with Crippen LogP contribution in [0.25, 0.3) is 10.8 Å². The van der Waals surface area contributed by atoms with Gasteiger partial charge in [-0.15, -0.1) is 5.11 Å². The van der Waals surface area contributed by atoms with Crippen molar-refractivity contribution in [3.63, 3.8) is 0 Å². The molecule has 0 heterocycles. The summed E-state index contributed by atoms with van der Waals surface area (Å²) in [5.74, 6) is -0.838. The zero-order valence-electron chi connectivity index (χ0n) is 18.6. The van der Waals surface area contributed by atoms with Gasteiger partial charge >= 0.3 is 0 Å². The van der Waals surface area contributed by atoms with Crippen LogP contribution in [0.15, 0.2) is 62.5 Å². The van der Waals surface area contributed by atoms with Gasteiger partial charge in [0, 0.05) is 12.3 Å². The molecule has 0 bridgehead atoms. The number of anilines is 1. The quantitative estimate of drug-likeness (QED) is 0.310. The van der Waals surface area contributed by atoms with Gasteiger partial charge in [-0.25, -0.2) is 8.42 Å². The first kappa shape index (κ1) is 25.3. The summed E-state index contributed by atoms with van der Waals surface area (Å²) in [5, 5.41) is 21.9. The molecule has 34 heavy (non-hydrogen) atoms. The van der Waals surface area contributed by atoms with Gasteiger partial charge in [0.2, 0.25) is 5.91 Å². The molecule has 0 aliphatic carbocycles. The number of azo groups is 1. The molecule has 0 aliphatic rings. The third-order valence-electron chi connectivity index (χ3n) is 4.89. The van der Waals surface area contributed by atoms with E-state index in [1.807, 2.05) is 0 Å². The molecule has 12 heteroatoms. The highest BCUT2D eigenvalue weighted by atomic mass is 32.2. The minimum Gasteiger partial charge on any atom is -0.505 e. The average molecular weight is 506 g/mol. The summed E-state index contributed by atoms with van der Waals surface area (Å²) in [6, 6.07) is 9.56. The second-order valence-corrected chi connectivity index (χ2v) is 11.2. The summed E-state index contributed by atoms with van der Waals surface area (Å²) in [7, 11) is -7.94. The highest BCUT2D eigenvalue weighted by Crippen LogP contribution is 2.43. The smallest absolute Gasteiger partial charge is 0.294 e. The lowest BCUT2D eigenvalue weighted by Gasteiger charge is -2.13. The predicted octanol–water partition coefficient (Wildman–Crippen LogP) is 4.66. The van der Waals surface area contributed by atoms with Gasteiger partial charge in [0.1, 0.15) is 5.69 Å². The summed E-state index contributed by atoms with van der Waals surface area (Å²) in [6.07, 6.45) is 0.497. The number of rotatable bonds is 7. The van der Waals surface area contributed by atoms with Gasteiger partial charge in [-0.1, -0.05) is 6.92 Å². The summed E-state index contributed by atoms with van der Waals surface area (Å²) in [6.45, 7) is 4.60. The summed E-state index contributed by atoms with van der Waals surface area (Å²) < 4.78 is 57.0. The van der Waals surface area contributed by atoms with Crippen LogP contribution < -0.4 is 5.32 Å². The fraction of sp³-hybridized carbons (Fsp3) is 0.227. The predicted molar refractivity (Wildman–Crippen MR) is 127 cm³/mol. The fourth-order valence-corrected chi connectivity index (χ4v) is 5.27. The molecule has 0 saturated heterocycles. The molecule has 0 saturated carbocycles. The standard InChI is InChI=1S/C22H23N3O7S2/c1-4-9-33(28,29)17-7-5-16(6-8-17)24-25-21-13(2)10-15-11-18(34(30,31)32)12-19(23-14(3)26)20(15)22(21)27/h5-8,10-12,27H,4,9H2,1-3H3,(H,23,26)(H,30,31,32). The van der Waals surface area contributed by atoms with Crippen molar-refractivity contribution in [3.8, 4) is 5.75 Å². The Balaban J connectivity index is 2.10. The van der Waals surface area contributed by atoms with Crippen LogP contribution >= 0.6 is 0 Å². The first-order valence-corrected chi connectivity index (χ1v) is 13.2. The van der Waals surface area contributed by atoms with Crippen LogP contribution in [0.5, 0.6) is 5.75 Å². The van der Waals surface area contributed by atoms with Gasteiger partial charge in [0.15, 0.2) is 15.6 Å². The number of hydrogen-bond donors (Lipinski definition) is 3. The van der Waals surface area contributed by atoms with Gasteiger partial charge in [-0.3, -0.25) is 9.35 Å². The Morgan fingerprint density at radius 1 is 1.00 bits per heavy atom. The molecular formula is C22H23N3O7S2. The van der Waals surface area contributed by atoms with Crippen LogP contribution in [-0.2, 0) is 24.7 Å². The van der Waals surface area contributed by atoms with Crippen molar-refractivity contribution in [2.75, 3.05) is 11.1 Å². The maximum atomic E-state index is 12.2. The second kappa shape index (κ2) is 9.49. The van der Waals surface area contributed by atoms with Crippen molar-refractivity contribution in [2.24, 2.45) is 10.2 Å². The maximum absolute atomic E-state index is 12.2. The van der Waals surface area contributed by atoms with E-state index < -0.39 is 30.8 Å². The van der Waals surface area contributed by atoms with Crippen molar-refractivity contribution in [1.82, 2.24) is 0 Å². The molecule has 1 amide bonds. The molecule has 3 aromatic rings. The third kappa shape index (κ3) is 5.41. The van der Waals surface area contributed by atoms with Crippen molar-refractivity contribution in [3.05, 3.63) is 48.0 Å². The summed E-state index contributed by atoms with van der Waals surface area (Å²) >= 11 is 0. The minimum absolute atomic E-state index is 0.0305. The van der Waals surface area contributed by atoms with Crippen LogP contribution in [0.4, 0.5) is 17.1 Å². The number of hydrogen-bond acceptors (Lipinski definition) is 8. The highest BCUT2D eigenvalue weighted by Gasteiger charge is 2.20. The Hall–Kier alpha value is -3.35. The number of aryl methyl sites for hydroxylation is 1. The topological polar surface area (TPSA) is 163 Å². The van der Waals surface area contributed by atoms with E-state index in [2.05, 4.69) is 15.5 Å². The first-order valence-electron chi connectivity index (χ1n) is 10.1. The Labute approximate surface area is 197 Å². The van der Waals surface area contributed by atoms with Gasteiger partial charge in [0.25, 0.3) is 10.1 Å². The number of benzene rings is 3. The van der Waals surface area contributed by atoms with Crippen LogP contribution in [-0.4, -0.2) is 38.2 Å². The van der Waals surface area contributed by atoms with Gasteiger partial charge < -0.3 is 10.4 Å². The number of phenolic OH excluding ortho intramolecular Hbond substituents is 1. The number of nitrogens with zero attached hydrogens (tertiary/aromatic N) is 2. The van der Waals surface area contributed by atoms with E-state index in [0.29, 0.717) is 17.7 Å². The Morgan fingerprint density at radius 3 is 2.21 bits per heavy atom. The maximum Gasteiger partial charge on any atom is 0.294 e. The number of amides is 1. The minimum atomic E-state index is -4.57. The molecule has 0 fully saturated rings. The van der Waals surface area contributed by atoms with E-state index in [0.717, 1.165) is 6.07 Å². The molecule has 0 aromatic heterocycles. The van der Waals surface area contributed by atoms with Crippen LogP contribution in [0, 0.1) is 6.92 Å². The van der Waals surface area contributed by atoms with E-state index in [4.69, 9.17) is 0 Å². The lowest BCUT2D eigenvalue weighted by molar-refractivity contribution is -0.114. The molecule has 0 atom stereocenters. The van der Waals surface area contributed by atoms with Gasteiger partial charge in [0.05, 0.1) is 26.9 Å². The van der Waals surface area contributed by atoms with Gasteiger partial charge in [-0.05, 0) is 66.8 Å². The normalized spacial score (nSPS) is 12.4. The van der Waals surface area contributed by atoms with Crippen LogP contribution in [0.2, 0.25) is 0 Å². The molecule has 0 unspecified atom stereocenters. The van der Waals surface area contributed by atoms with Crippen molar-refractivity contribution >= 4 is 53.7 Å². The monoisotopic (exact) mass is 505 g/mol. The van der Waals surface area contributed by atoms with E-state index in [1.165, 1.54) is 43.3 Å². The molecule has 3 aromatic carbocycles. The fourth-order valence-electron chi connectivity index (χ4n) is 3.40. The SMILES string of the molecule is CCCS(=O)(=O)c1ccc(N=Nc2c(C)cc3cc(S(=O)(=O)O)cc(NC(C)=O)c3c2O)cc1. The number of aromatic hydroxyl groups is 1. The van der Waals surface area contributed by atoms with E-state index in [9.17, 15) is 31.3 Å². The van der Waals surface area contributed by atoms with E-state index in [-0.39, 0.29) is 38.5 Å². The van der Waals surface area contributed by atoms with Gasteiger partial charge in [-0.2, -0.15) is 13.5 Å². The van der Waals surface area contributed by atoms with E-state index >= 15 is 0 Å². The zero-order valence-corrected chi connectivity index (χ0v) is 20.2. The van der Waals surface area contributed by atoms with Crippen molar-refractivity contribution in [2.45, 2.75) is 37.0 Å². The molecule has 10 nitrogen and oxygen atoms in total. The number of sulfone groups is 1. The number of carbonyl (C=O) groups is 1. The zero-order chi connectivity index (χ0) is 25.3.